The highest BCUT2D eigenvalue weighted by Gasteiger charge is 2.03. The predicted molar refractivity (Wildman–Crippen MR) is 96.0 cm³/mol. The number of anilines is 2. The lowest BCUT2D eigenvalue weighted by molar-refractivity contribution is 0.363. The molecule has 4 nitrogen and oxygen atoms in total. The van der Waals surface area contributed by atoms with Crippen molar-refractivity contribution in [2.75, 3.05) is 30.3 Å². The third kappa shape index (κ3) is 7.91. The van der Waals surface area contributed by atoms with Gasteiger partial charge in [-0.2, -0.15) is 0 Å². The van der Waals surface area contributed by atoms with Gasteiger partial charge in [0.1, 0.15) is 24.0 Å². The Morgan fingerprint density at radius 2 is 1.55 bits per heavy atom. The minimum Gasteiger partial charge on any atom is -0.489 e. The molecule has 0 saturated carbocycles. The first-order valence-electron chi connectivity index (χ1n) is 8.53. The predicted octanol–water partition coefficient (Wildman–Crippen LogP) is 4.85. The fourth-order valence-electron chi connectivity index (χ4n) is 2.11. The lowest BCUT2D eigenvalue weighted by atomic mass is 10.2. The third-order valence-electron chi connectivity index (χ3n) is 3.34. The van der Waals surface area contributed by atoms with E-state index in [-0.39, 0.29) is 0 Å². The van der Waals surface area contributed by atoms with Crippen molar-refractivity contribution in [3.63, 3.8) is 0 Å². The van der Waals surface area contributed by atoms with Gasteiger partial charge in [0, 0.05) is 25.2 Å². The first-order valence-corrected chi connectivity index (χ1v) is 8.53. The van der Waals surface area contributed by atoms with Crippen molar-refractivity contribution in [3.8, 4) is 5.75 Å². The van der Waals surface area contributed by atoms with E-state index in [4.69, 9.17) is 4.74 Å². The smallest absolute Gasteiger partial charge is 0.132 e. The zero-order valence-electron chi connectivity index (χ0n) is 14.2. The summed E-state index contributed by atoms with van der Waals surface area (Å²) in [6.45, 7) is 10.5. The average Bonchev–Trinajstić information content (AvgIpc) is 2.54. The SMILES string of the molecule is C=CCOc1cc(NCCCCC)nc(NCCCCC)c1. The molecule has 0 unspecified atom stereocenters. The second-order valence-corrected chi connectivity index (χ2v) is 5.44. The highest BCUT2D eigenvalue weighted by atomic mass is 16.5. The number of hydrogen-bond acceptors (Lipinski definition) is 4. The lowest BCUT2D eigenvalue weighted by Gasteiger charge is -2.12. The monoisotopic (exact) mass is 305 g/mol. The van der Waals surface area contributed by atoms with Crippen LogP contribution in [0.3, 0.4) is 0 Å². The Hall–Kier alpha value is -1.71. The van der Waals surface area contributed by atoms with Gasteiger partial charge in [-0.05, 0) is 12.8 Å². The molecule has 1 aromatic rings. The first kappa shape index (κ1) is 18.3. The maximum atomic E-state index is 5.65. The Bertz CT molecular complexity index is 391. The Labute approximate surface area is 135 Å². The molecular weight excluding hydrogens is 274 g/mol. The van der Waals surface area contributed by atoms with E-state index in [1.807, 2.05) is 12.1 Å². The van der Waals surface area contributed by atoms with Crippen LogP contribution in [0.5, 0.6) is 5.75 Å². The molecule has 4 heteroatoms. The highest BCUT2D eigenvalue weighted by Crippen LogP contribution is 2.21. The normalized spacial score (nSPS) is 10.3. The molecule has 0 amide bonds. The minimum atomic E-state index is 0.508. The molecule has 0 atom stereocenters. The second kappa shape index (κ2) is 11.9. The molecule has 0 fully saturated rings. The quantitative estimate of drug-likeness (QED) is 0.404. The zero-order valence-corrected chi connectivity index (χ0v) is 14.2. The van der Waals surface area contributed by atoms with Crippen molar-refractivity contribution in [2.45, 2.75) is 52.4 Å². The summed E-state index contributed by atoms with van der Waals surface area (Å²) in [5, 5.41) is 6.76. The van der Waals surface area contributed by atoms with E-state index in [1.165, 1.54) is 25.7 Å². The van der Waals surface area contributed by atoms with Crippen LogP contribution in [0.4, 0.5) is 11.6 Å². The molecule has 1 heterocycles. The summed E-state index contributed by atoms with van der Waals surface area (Å²) in [6, 6.07) is 3.90. The van der Waals surface area contributed by atoms with E-state index in [2.05, 4.69) is 36.0 Å². The van der Waals surface area contributed by atoms with Crippen LogP contribution in [0.2, 0.25) is 0 Å². The largest absolute Gasteiger partial charge is 0.489 e. The van der Waals surface area contributed by atoms with Crippen molar-refractivity contribution in [2.24, 2.45) is 0 Å². The van der Waals surface area contributed by atoms with E-state index in [9.17, 15) is 0 Å². The number of nitrogens with zero attached hydrogens (tertiary/aromatic N) is 1. The number of ether oxygens (including phenoxy) is 1. The molecule has 22 heavy (non-hydrogen) atoms. The van der Waals surface area contributed by atoms with Crippen molar-refractivity contribution >= 4 is 11.6 Å². The number of aromatic nitrogens is 1. The highest BCUT2D eigenvalue weighted by molar-refractivity contribution is 5.51. The van der Waals surface area contributed by atoms with Gasteiger partial charge in [-0.3, -0.25) is 0 Å². The van der Waals surface area contributed by atoms with Crippen LogP contribution in [-0.2, 0) is 0 Å². The fraction of sp³-hybridized carbons (Fsp3) is 0.611. The summed E-state index contributed by atoms with van der Waals surface area (Å²) in [5.74, 6) is 2.57. The first-order chi connectivity index (χ1) is 10.8. The summed E-state index contributed by atoms with van der Waals surface area (Å²) in [6.07, 6.45) is 9.00. The van der Waals surface area contributed by atoms with E-state index < -0.39 is 0 Å². The molecule has 2 N–H and O–H groups in total. The number of nitrogens with one attached hydrogen (secondary N) is 2. The number of unbranched alkanes of at least 4 members (excludes halogenated alkanes) is 4. The van der Waals surface area contributed by atoms with Crippen LogP contribution >= 0.6 is 0 Å². The summed E-state index contributed by atoms with van der Waals surface area (Å²) in [5.41, 5.74) is 0. The number of pyridine rings is 1. The molecule has 124 valence electrons. The van der Waals surface area contributed by atoms with Crippen LogP contribution in [0, 0.1) is 0 Å². The van der Waals surface area contributed by atoms with Crippen LogP contribution < -0.4 is 15.4 Å². The lowest BCUT2D eigenvalue weighted by Crippen LogP contribution is -2.08. The van der Waals surface area contributed by atoms with E-state index in [0.29, 0.717) is 6.61 Å². The molecular formula is C18H31N3O. The molecule has 1 rings (SSSR count). The number of rotatable bonds is 13. The molecule has 0 saturated heterocycles. The molecule has 0 aliphatic heterocycles. The molecule has 0 aliphatic rings. The summed E-state index contributed by atoms with van der Waals surface area (Å²) in [7, 11) is 0. The number of hydrogen-bond donors (Lipinski definition) is 2. The van der Waals surface area contributed by atoms with Gasteiger partial charge in [0.2, 0.25) is 0 Å². The van der Waals surface area contributed by atoms with E-state index >= 15 is 0 Å². The van der Waals surface area contributed by atoms with Crippen molar-refractivity contribution in [3.05, 3.63) is 24.8 Å². The van der Waals surface area contributed by atoms with Gasteiger partial charge in [-0.25, -0.2) is 4.98 Å². The van der Waals surface area contributed by atoms with Gasteiger partial charge in [-0.1, -0.05) is 52.2 Å². The topological polar surface area (TPSA) is 46.2 Å². The van der Waals surface area contributed by atoms with Crippen LogP contribution in [0.1, 0.15) is 52.4 Å². The van der Waals surface area contributed by atoms with E-state index in [0.717, 1.165) is 43.3 Å². The Morgan fingerprint density at radius 1 is 1.00 bits per heavy atom. The Balaban J connectivity index is 2.61. The van der Waals surface area contributed by atoms with Gasteiger partial charge in [0.25, 0.3) is 0 Å². The van der Waals surface area contributed by atoms with Crippen molar-refractivity contribution in [1.29, 1.82) is 0 Å². The van der Waals surface area contributed by atoms with E-state index in [1.54, 1.807) is 6.08 Å². The van der Waals surface area contributed by atoms with Crippen molar-refractivity contribution < 1.29 is 4.74 Å². The van der Waals surface area contributed by atoms with Gasteiger partial charge in [0.15, 0.2) is 0 Å². The maximum Gasteiger partial charge on any atom is 0.132 e. The average molecular weight is 305 g/mol. The fourth-order valence-corrected chi connectivity index (χ4v) is 2.11. The molecule has 0 aliphatic carbocycles. The van der Waals surface area contributed by atoms with Gasteiger partial charge >= 0.3 is 0 Å². The van der Waals surface area contributed by atoms with Gasteiger partial charge < -0.3 is 15.4 Å². The molecule has 0 spiro atoms. The minimum absolute atomic E-state index is 0.508. The van der Waals surface area contributed by atoms with Crippen LogP contribution in [-0.4, -0.2) is 24.7 Å². The molecule has 0 radical (unpaired) electrons. The second-order valence-electron chi connectivity index (χ2n) is 5.44. The summed E-state index contributed by atoms with van der Waals surface area (Å²) < 4.78 is 5.65. The molecule has 1 aromatic heterocycles. The van der Waals surface area contributed by atoms with Gasteiger partial charge in [-0.15, -0.1) is 0 Å². The standard InChI is InChI=1S/C18H31N3O/c1-4-7-9-11-19-17-14-16(22-13-6-3)15-18(21-17)20-12-10-8-5-2/h6,14-15H,3-5,7-13H2,1-2H3,(H2,19,20,21). The maximum absolute atomic E-state index is 5.65. The molecule has 0 aromatic carbocycles. The van der Waals surface area contributed by atoms with Crippen LogP contribution in [0.25, 0.3) is 0 Å². The molecule has 0 bridgehead atoms. The third-order valence-corrected chi connectivity index (χ3v) is 3.34. The Kier molecular flexibility index (Phi) is 9.92. The van der Waals surface area contributed by atoms with Gasteiger partial charge in [0.05, 0.1) is 0 Å². The Morgan fingerprint density at radius 3 is 2.00 bits per heavy atom. The van der Waals surface area contributed by atoms with Crippen molar-refractivity contribution in [1.82, 2.24) is 4.98 Å². The summed E-state index contributed by atoms with van der Waals surface area (Å²) in [4.78, 5) is 4.61. The zero-order chi connectivity index (χ0) is 16.0. The summed E-state index contributed by atoms with van der Waals surface area (Å²) >= 11 is 0. The van der Waals surface area contributed by atoms with Crippen LogP contribution in [0.15, 0.2) is 24.8 Å².